The molecule has 3 aromatic rings. The first-order chi connectivity index (χ1) is 13.7. The normalized spacial score (nSPS) is 17.3. The van der Waals surface area contributed by atoms with E-state index in [0.717, 1.165) is 17.8 Å². The number of para-hydroxylation sites is 1. The van der Waals surface area contributed by atoms with Gasteiger partial charge in [0.2, 0.25) is 0 Å². The zero-order chi connectivity index (χ0) is 19.3. The molecule has 0 bridgehead atoms. The number of benzene rings is 1. The average molecular weight is 380 g/mol. The minimum absolute atomic E-state index is 0.0890. The van der Waals surface area contributed by atoms with Gasteiger partial charge in [-0.3, -0.25) is 10.00 Å². The fourth-order valence-corrected chi connectivity index (χ4v) is 3.35. The van der Waals surface area contributed by atoms with Crippen molar-refractivity contribution in [2.24, 2.45) is 0 Å². The van der Waals surface area contributed by atoms with E-state index in [1.54, 1.807) is 15.8 Å². The van der Waals surface area contributed by atoms with Crippen LogP contribution in [-0.2, 0) is 11.3 Å². The van der Waals surface area contributed by atoms with Gasteiger partial charge in [-0.1, -0.05) is 18.2 Å². The zero-order valence-corrected chi connectivity index (χ0v) is 15.9. The Bertz CT molecular complexity index is 906. The van der Waals surface area contributed by atoms with E-state index >= 15 is 0 Å². The number of aryl methyl sites for hydroxylation is 1. The Labute approximate surface area is 163 Å². The second-order valence-corrected chi connectivity index (χ2v) is 6.87. The summed E-state index contributed by atoms with van der Waals surface area (Å²) in [6.45, 7) is 4.34. The van der Waals surface area contributed by atoms with Crippen LogP contribution in [0.3, 0.4) is 0 Å². The van der Waals surface area contributed by atoms with Crippen molar-refractivity contribution in [1.82, 2.24) is 24.5 Å². The topological polar surface area (TPSA) is 77.2 Å². The summed E-state index contributed by atoms with van der Waals surface area (Å²) in [6.07, 6.45) is 4.36. The van der Waals surface area contributed by atoms with E-state index in [0.29, 0.717) is 32.1 Å². The molecule has 1 atom stereocenters. The van der Waals surface area contributed by atoms with Gasteiger partial charge in [-0.2, -0.15) is 10.2 Å². The molecular weight excluding hydrogens is 356 g/mol. The van der Waals surface area contributed by atoms with Crippen LogP contribution in [0.25, 0.3) is 5.69 Å². The Morgan fingerprint density at radius 3 is 2.93 bits per heavy atom. The molecule has 8 nitrogen and oxygen atoms in total. The van der Waals surface area contributed by atoms with E-state index in [4.69, 9.17) is 4.74 Å². The number of urea groups is 1. The Kier molecular flexibility index (Phi) is 5.38. The Morgan fingerprint density at radius 1 is 1.29 bits per heavy atom. The average Bonchev–Trinajstić information content (AvgIpc) is 3.26. The second kappa shape index (κ2) is 8.26. The van der Waals surface area contributed by atoms with Crippen LogP contribution in [0.15, 0.2) is 54.9 Å². The predicted molar refractivity (Wildman–Crippen MR) is 105 cm³/mol. The molecule has 0 saturated carbocycles. The lowest BCUT2D eigenvalue weighted by molar-refractivity contribution is 0.0442. The van der Waals surface area contributed by atoms with Crippen LogP contribution in [0, 0.1) is 6.92 Å². The second-order valence-electron chi connectivity index (χ2n) is 6.87. The molecule has 2 aromatic heterocycles. The monoisotopic (exact) mass is 380 g/mol. The van der Waals surface area contributed by atoms with Crippen molar-refractivity contribution < 1.29 is 9.53 Å². The van der Waals surface area contributed by atoms with E-state index < -0.39 is 0 Å². The van der Waals surface area contributed by atoms with Gasteiger partial charge in [0, 0.05) is 31.6 Å². The maximum atomic E-state index is 13.0. The Morgan fingerprint density at radius 2 is 2.14 bits per heavy atom. The molecule has 0 aliphatic carbocycles. The third kappa shape index (κ3) is 4.23. The summed E-state index contributed by atoms with van der Waals surface area (Å²) in [5.74, 6) is 0.655. The summed E-state index contributed by atoms with van der Waals surface area (Å²) in [4.78, 5) is 14.8. The fourth-order valence-electron chi connectivity index (χ4n) is 3.35. The zero-order valence-electron chi connectivity index (χ0n) is 15.9. The van der Waals surface area contributed by atoms with E-state index in [1.807, 2.05) is 60.3 Å². The summed E-state index contributed by atoms with van der Waals surface area (Å²) >= 11 is 0. The van der Waals surface area contributed by atoms with Gasteiger partial charge in [0.15, 0.2) is 0 Å². The number of hydrogen-bond acceptors (Lipinski definition) is 4. The van der Waals surface area contributed by atoms with Crippen LogP contribution < -0.4 is 5.32 Å². The van der Waals surface area contributed by atoms with Gasteiger partial charge in [-0.05, 0) is 31.5 Å². The van der Waals surface area contributed by atoms with E-state index in [2.05, 4.69) is 15.5 Å². The smallest absolute Gasteiger partial charge is 0.323 e. The molecule has 1 aliphatic rings. The minimum atomic E-state index is -0.145. The highest BCUT2D eigenvalue weighted by Crippen LogP contribution is 2.18. The highest BCUT2D eigenvalue weighted by molar-refractivity contribution is 5.88. The Hall–Kier alpha value is -3.13. The molecule has 146 valence electrons. The number of aromatic nitrogens is 4. The van der Waals surface area contributed by atoms with Crippen LogP contribution in [0.4, 0.5) is 10.6 Å². The highest BCUT2D eigenvalue weighted by atomic mass is 16.5. The summed E-state index contributed by atoms with van der Waals surface area (Å²) in [7, 11) is 0. The standard InChI is InChI=1S/C20H24N6O2/c1-16-13-19(26(23-16)17-7-3-2-4-8-17)22-20(27)24-10-6-12-28-18(14-24)15-25-11-5-9-21-25/h2-5,7-9,11,13,18H,6,10,12,14-15H2,1H3,(H,22,27). The SMILES string of the molecule is Cc1cc(NC(=O)N2CCCOC(Cn3cccn3)C2)n(-c2ccccc2)n1. The van der Waals surface area contributed by atoms with Gasteiger partial charge in [0.1, 0.15) is 5.82 Å². The van der Waals surface area contributed by atoms with Gasteiger partial charge >= 0.3 is 6.03 Å². The molecule has 2 amide bonds. The number of hydrogen-bond donors (Lipinski definition) is 1. The van der Waals surface area contributed by atoms with Crippen molar-refractivity contribution in [3.05, 3.63) is 60.6 Å². The maximum absolute atomic E-state index is 13.0. The van der Waals surface area contributed by atoms with Crippen LogP contribution in [0.2, 0.25) is 0 Å². The molecule has 0 spiro atoms. The van der Waals surface area contributed by atoms with Crippen LogP contribution >= 0.6 is 0 Å². The molecule has 0 radical (unpaired) electrons. The van der Waals surface area contributed by atoms with Crippen molar-refractivity contribution in [3.8, 4) is 5.69 Å². The number of nitrogens with zero attached hydrogens (tertiary/aromatic N) is 5. The molecule has 1 fully saturated rings. The summed E-state index contributed by atoms with van der Waals surface area (Å²) in [5, 5.41) is 11.8. The number of ether oxygens (including phenoxy) is 1. The summed E-state index contributed by atoms with van der Waals surface area (Å²) in [6, 6.07) is 13.4. The lowest BCUT2D eigenvalue weighted by Gasteiger charge is -2.24. The molecule has 1 unspecified atom stereocenters. The number of rotatable bonds is 4. The Balaban J connectivity index is 1.47. The molecule has 4 rings (SSSR count). The van der Waals surface area contributed by atoms with Crippen LogP contribution in [0.1, 0.15) is 12.1 Å². The number of amides is 2. The highest BCUT2D eigenvalue weighted by Gasteiger charge is 2.24. The number of carbonyl (C=O) groups excluding carboxylic acids is 1. The first kappa shape index (κ1) is 18.2. The fraction of sp³-hybridized carbons (Fsp3) is 0.350. The number of carbonyl (C=O) groups is 1. The lowest BCUT2D eigenvalue weighted by Crippen LogP contribution is -2.41. The molecule has 1 aromatic carbocycles. The van der Waals surface area contributed by atoms with Crippen molar-refractivity contribution in [2.45, 2.75) is 26.0 Å². The van der Waals surface area contributed by atoms with Gasteiger partial charge in [0.05, 0.1) is 30.6 Å². The largest absolute Gasteiger partial charge is 0.374 e. The quantitative estimate of drug-likeness (QED) is 0.755. The minimum Gasteiger partial charge on any atom is -0.374 e. The third-order valence-corrected chi connectivity index (χ3v) is 4.65. The van der Waals surface area contributed by atoms with Crippen molar-refractivity contribution >= 4 is 11.8 Å². The van der Waals surface area contributed by atoms with E-state index in [9.17, 15) is 4.79 Å². The van der Waals surface area contributed by atoms with Crippen molar-refractivity contribution in [1.29, 1.82) is 0 Å². The first-order valence-electron chi connectivity index (χ1n) is 9.46. The van der Waals surface area contributed by atoms with Gasteiger partial charge in [-0.25, -0.2) is 9.48 Å². The van der Waals surface area contributed by atoms with Crippen LogP contribution in [0.5, 0.6) is 0 Å². The van der Waals surface area contributed by atoms with Gasteiger partial charge in [-0.15, -0.1) is 0 Å². The molecule has 3 heterocycles. The van der Waals surface area contributed by atoms with Crippen molar-refractivity contribution in [2.75, 3.05) is 25.0 Å². The van der Waals surface area contributed by atoms with Gasteiger partial charge in [0.25, 0.3) is 0 Å². The molecule has 1 N–H and O–H groups in total. The first-order valence-corrected chi connectivity index (χ1v) is 9.46. The molecule has 1 saturated heterocycles. The molecule has 8 heteroatoms. The summed E-state index contributed by atoms with van der Waals surface area (Å²) < 4.78 is 9.49. The predicted octanol–water partition coefficient (Wildman–Crippen LogP) is 2.70. The van der Waals surface area contributed by atoms with Gasteiger partial charge < -0.3 is 9.64 Å². The number of nitrogens with one attached hydrogen (secondary N) is 1. The van der Waals surface area contributed by atoms with Crippen molar-refractivity contribution in [3.63, 3.8) is 0 Å². The molecule has 28 heavy (non-hydrogen) atoms. The van der Waals surface area contributed by atoms with E-state index in [1.165, 1.54) is 0 Å². The third-order valence-electron chi connectivity index (χ3n) is 4.65. The molecular formula is C20H24N6O2. The number of anilines is 1. The lowest BCUT2D eigenvalue weighted by atomic mass is 10.3. The summed E-state index contributed by atoms with van der Waals surface area (Å²) in [5.41, 5.74) is 1.75. The van der Waals surface area contributed by atoms with E-state index in [-0.39, 0.29) is 12.1 Å². The van der Waals surface area contributed by atoms with Crippen LogP contribution in [-0.4, -0.2) is 56.3 Å². The maximum Gasteiger partial charge on any atom is 0.323 e. The molecule has 1 aliphatic heterocycles.